The Morgan fingerprint density at radius 1 is 1.03 bits per heavy atom. The summed E-state index contributed by atoms with van der Waals surface area (Å²) in [7, 11) is 0. The van der Waals surface area contributed by atoms with Crippen molar-refractivity contribution >= 4 is 16.6 Å². The maximum absolute atomic E-state index is 6.14. The number of anilines is 1. The smallest absolute Gasteiger partial charge is 0.122 e. The van der Waals surface area contributed by atoms with Crippen molar-refractivity contribution in [1.82, 2.24) is 4.98 Å². The van der Waals surface area contributed by atoms with Gasteiger partial charge in [0.25, 0.3) is 0 Å². The van der Waals surface area contributed by atoms with Crippen LogP contribution in [0.5, 0.6) is 5.75 Å². The SMILES string of the molecule is Cc1cc(N2CCC(OCC3CC3)C2)c2ccc(OCc3ccccc3)cc2n1. The summed E-state index contributed by atoms with van der Waals surface area (Å²) < 4.78 is 12.1. The quantitative estimate of drug-likeness (QED) is 0.562. The number of nitrogens with zero attached hydrogens (tertiary/aromatic N) is 2. The molecule has 29 heavy (non-hydrogen) atoms. The zero-order valence-electron chi connectivity index (χ0n) is 17.0. The molecule has 0 spiro atoms. The topological polar surface area (TPSA) is 34.6 Å². The van der Waals surface area contributed by atoms with Gasteiger partial charge in [0.05, 0.1) is 11.6 Å². The summed E-state index contributed by atoms with van der Waals surface area (Å²) in [4.78, 5) is 7.23. The summed E-state index contributed by atoms with van der Waals surface area (Å²) in [6.45, 7) is 5.59. The van der Waals surface area contributed by atoms with Crippen LogP contribution in [0.2, 0.25) is 0 Å². The monoisotopic (exact) mass is 388 g/mol. The molecule has 2 aromatic carbocycles. The van der Waals surface area contributed by atoms with Crippen molar-refractivity contribution in [3.05, 3.63) is 65.9 Å². The molecule has 3 aromatic rings. The fraction of sp³-hybridized carbons (Fsp3) is 0.400. The summed E-state index contributed by atoms with van der Waals surface area (Å²) in [6, 6.07) is 18.7. The minimum atomic E-state index is 0.354. The van der Waals surface area contributed by atoms with Crippen LogP contribution in [-0.2, 0) is 11.3 Å². The molecule has 1 aliphatic carbocycles. The standard InChI is InChI=1S/C25H28N2O2/c1-18-13-25(27-12-11-22(15-27)29-17-20-7-8-20)23-10-9-21(14-24(23)26-18)28-16-19-5-3-2-4-6-19/h2-6,9-10,13-14,20,22H,7-8,11-12,15-17H2,1H3. The van der Waals surface area contributed by atoms with Crippen molar-refractivity contribution in [2.75, 3.05) is 24.6 Å². The van der Waals surface area contributed by atoms with E-state index in [0.29, 0.717) is 12.7 Å². The van der Waals surface area contributed by atoms with Crippen LogP contribution in [0.25, 0.3) is 10.9 Å². The first-order chi connectivity index (χ1) is 14.2. The number of benzene rings is 2. The van der Waals surface area contributed by atoms with Crippen LogP contribution in [0.4, 0.5) is 5.69 Å². The van der Waals surface area contributed by atoms with E-state index in [1.807, 2.05) is 18.2 Å². The predicted molar refractivity (Wildman–Crippen MR) is 117 cm³/mol. The fourth-order valence-electron chi connectivity index (χ4n) is 4.05. The molecule has 0 radical (unpaired) electrons. The maximum atomic E-state index is 6.14. The first-order valence-corrected chi connectivity index (χ1v) is 10.7. The van der Waals surface area contributed by atoms with Gasteiger partial charge >= 0.3 is 0 Å². The third kappa shape index (κ3) is 4.38. The van der Waals surface area contributed by atoms with E-state index in [1.165, 1.54) is 29.5 Å². The van der Waals surface area contributed by atoms with E-state index in [2.05, 4.69) is 48.2 Å². The zero-order chi connectivity index (χ0) is 19.6. The Labute approximate surface area is 172 Å². The number of fused-ring (bicyclic) bond motifs is 1. The van der Waals surface area contributed by atoms with Crippen molar-refractivity contribution in [3.63, 3.8) is 0 Å². The molecule has 2 fully saturated rings. The number of hydrogen-bond acceptors (Lipinski definition) is 4. The lowest BCUT2D eigenvalue weighted by Crippen LogP contribution is -2.23. The van der Waals surface area contributed by atoms with Crippen LogP contribution in [-0.4, -0.2) is 30.8 Å². The Balaban J connectivity index is 1.33. The van der Waals surface area contributed by atoms with Gasteiger partial charge in [-0.1, -0.05) is 30.3 Å². The third-order valence-electron chi connectivity index (χ3n) is 5.89. The van der Waals surface area contributed by atoms with Crippen LogP contribution in [0.1, 0.15) is 30.5 Å². The summed E-state index contributed by atoms with van der Waals surface area (Å²) in [5.74, 6) is 1.68. The first-order valence-electron chi connectivity index (χ1n) is 10.7. The molecule has 1 saturated heterocycles. The second-order valence-electron chi connectivity index (χ2n) is 8.37. The van der Waals surface area contributed by atoms with E-state index in [9.17, 15) is 0 Å². The lowest BCUT2D eigenvalue weighted by atomic mass is 10.1. The van der Waals surface area contributed by atoms with Crippen LogP contribution >= 0.6 is 0 Å². The summed E-state index contributed by atoms with van der Waals surface area (Å²) in [5.41, 5.74) is 4.46. The number of ether oxygens (including phenoxy) is 2. The van der Waals surface area contributed by atoms with Gasteiger partial charge in [0.15, 0.2) is 0 Å². The Morgan fingerprint density at radius 2 is 1.90 bits per heavy atom. The lowest BCUT2D eigenvalue weighted by Gasteiger charge is -2.21. The molecule has 0 N–H and O–H groups in total. The third-order valence-corrected chi connectivity index (χ3v) is 5.89. The van der Waals surface area contributed by atoms with Gasteiger partial charge in [-0.05, 0) is 55.9 Å². The largest absolute Gasteiger partial charge is 0.489 e. The summed E-state index contributed by atoms with van der Waals surface area (Å²) in [5, 5.41) is 1.19. The first kappa shape index (κ1) is 18.4. The van der Waals surface area contributed by atoms with Gasteiger partial charge in [0.1, 0.15) is 12.4 Å². The minimum absolute atomic E-state index is 0.354. The Kier molecular flexibility index (Phi) is 5.11. The fourth-order valence-corrected chi connectivity index (χ4v) is 4.05. The molecule has 2 heterocycles. The normalized spacial score (nSPS) is 19.1. The molecule has 1 aliphatic heterocycles. The average molecular weight is 389 g/mol. The zero-order valence-corrected chi connectivity index (χ0v) is 17.0. The van der Waals surface area contributed by atoms with Gasteiger partial charge < -0.3 is 14.4 Å². The summed E-state index contributed by atoms with van der Waals surface area (Å²) in [6.07, 6.45) is 4.15. The molecule has 1 aromatic heterocycles. The second kappa shape index (κ2) is 8.03. The molecule has 2 aliphatic rings. The molecule has 0 bridgehead atoms. The lowest BCUT2D eigenvalue weighted by molar-refractivity contribution is 0.0605. The Hall–Kier alpha value is -2.59. The number of aromatic nitrogens is 1. The molecular formula is C25H28N2O2. The number of pyridine rings is 1. The van der Waals surface area contributed by atoms with Crippen molar-refractivity contribution in [2.45, 2.75) is 38.9 Å². The predicted octanol–water partition coefficient (Wildman–Crippen LogP) is 5.13. The van der Waals surface area contributed by atoms with Crippen LogP contribution in [0.3, 0.4) is 0 Å². The highest BCUT2D eigenvalue weighted by atomic mass is 16.5. The van der Waals surface area contributed by atoms with E-state index in [4.69, 9.17) is 14.5 Å². The molecule has 5 rings (SSSR count). The van der Waals surface area contributed by atoms with E-state index < -0.39 is 0 Å². The second-order valence-corrected chi connectivity index (χ2v) is 8.37. The van der Waals surface area contributed by atoms with Crippen LogP contribution in [0.15, 0.2) is 54.6 Å². The molecule has 1 saturated carbocycles. The van der Waals surface area contributed by atoms with Gasteiger partial charge in [-0.15, -0.1) is 0 Å². The average Bonchev–Trinajstić information content (AvgIpc) is 3.46. The highest BCUT2D eigenvalue weighted by Crippen LogP contribution is 2.33. The van der Waals surface area contributed by atoms with Crippen molar-refractivity contribution in [1.29, 1.82) is 0 Å². The van der Waals surface area contributed by atoms with Gasteiger partial charge in [0.2, 0.25) is 0 Å². The number of aryl methyl sites for hydroxylation is 1. The number of hydrogen-bond donors (Lipinski definition) is 0. The number of rotatable bonds is 7. The molecular weight excluding hydrogens is 360 g/mol. The Bertz CT molecular complexity index is 985. The van der Waals surface area contributed by atoms with Crippen LogP contribution < -0.4 is 9.64 Å². The highest BCUT2D eigenvalue weighted by Gasteiger charge is 2.28. The van der Waals surface area contributed by atoms with Gasteiger partial charge in [-0.2, -0.15) is 0 Å². The molecule has 4 heteroatoms. The van der Waals surface area contributed by atoms with E-state index in [-0.39, 0.29) is 0 Å². The molecule has 1 atom stereocenters. The van der Waals surface area contributed by atoms with Crippen molar-refractivity contribution in [2.24, 2.45) is 5.92 Å². The van der Waals surface area contributed by atoms with E-state index in [0.717, 1.165) is 49.0 Å². The summed E-state index contributed by atoms with van der Waals surface area (Å²) >= 11 is 0. The molecule has 0 amide bonds. The van der Waals surface area contributed by atoms with Crippen molar-refractivity contribution in [3.8, 4) is 5.75 Å². The molecule has 150 valence electrons. The van der Waals surface area contributed by atoms with Gasteiger partial charge in [0, 0.05) is 42.5 Å². The van der Waals surface area contributed by atoms with E-state index >= 15 is 0 Å². The van der Waals surface area contributed by atoms with Crippen LogP contribution in [0, 0.1) is 12.8 Å². The maximum Gasteiger partial charge on any atom is 0.122 e. The van der Waals surface area contributed by atoms with Gasteiger partial charge in [-0.25, -0.2) is 0 Å². The van der Waals surface area contributed by atoms with Crippen molar-refractivity contribution < 1.29 is 9.47 Å². The highest BCUT2D eigenvalue weighted by molar-refractivity contribution is 5.93. The Morgan fingerprint density at radius 3 is 2.72 bits per heavy atom. The molecule has 1 unspecified atom stereocenters. The minimum Gasteiger partial charge on any atom is -0.489 e. The van der Waals surface area contributed by atoms with Gasteiger partial charge in [-0.3, -0.25) is 4.98 Å². The molecule has 4 nitrogen and oxygen atoms in total. The van der Waals surface area contributed by atoms with E-state index in [1.54, 1.807) is 0 Å².